The van der Waals surface area contributed by atoms with Gasteiger partial charge in [-0.1, -0.05) is 19.9 Å². The molecular formula is C15H25NO3. The number of rotatable bonds is 8. The van der Waals surface area contributed by atoms with Crippen LogP contribution < -0.4 is 5.32 Å². The van der Waals surface area contributed by atoms with E-state index in [9.17, 15) is 10.2 Å². The van der Waals surface area contributed by atoms with Crippen LogP contribution in [0.3, 0.4) is 0 Å². The summed E-state index contributed by atoms with van der Waals surface area (Å²) in [5.74, 6) is 0.771. The molecule has 0 fully saturated rings. The van der Waals surface area contributed by atoms with Gasteiger partial charge in [0.05, 0.1) is 0 Å². The van der Waals surface area contributed by atoms with E-state index in [0.29, 0.717) is 5.92 Å². The molecule has 108 valence electrons. The van der Waals surface area contributed by atoms with Crippen LogP contribution in [0, 0.1) is 5.92 Å². The Bertz CT molecular complexity index is 380. The van der Waals surface area contributed by atoms with Gasteiger partial charge in [-0.2, -0.15) is 0 Å². The van der Waals surface area contributed by atoms with Crippen LogP contribution in [0.4, 0.5) is 0 Å². The van der Waals surface area contributed by atoms with E-state index < -0.39 is 0 Å². The largest absolute Gasteiger partial charge is 0.508 e. The first-order chi connectivity index (χ1) is 9.00. The molecule has 0 saturated carbocycles. The number of phenols is 2. The van der Waals surface area contributed by atoms with E-state index >= 15 is 0 Å². The zero-order valence-corrected chi connectivity index (χ0v) is 12.0. The maximum atomic E-state index is 9.74. The summed E-state index contributed by atoms with van der Waals surface area (Å²) in [6, 6.07) is 4.72. The van der Waals surface area contributed by atoms with Crippen molar-refractivity contribution in [2.45, 2.75) is 33.2 Å². The van der Waals surface area contributed by atoms with Crippen LogP contribution in [-0.4, -0.2) is 30.0 Å². The van der Waals surface area contributed by atoms with E-state index in [2.05, 4.69) is 19.2 Å². The van der Waals surface area contributed by atoms with Gasteiger partial charge < -0.3 is 20.3 Å². The summed E-state index contributed by atoms with van der Waals surface area (Å²) >= 11 is 0. The molecule has 1 aromatic rings. The lowest BCUT2D eigenvalue weighted by molar-refractivity contribution is 0.107. The van der Waals surface area contributed by atoms with Crippen LogP contribution in [0.2, 0.25) is 0 Å². The molecule has 0 saturated heterocycles. The lowest BCUT2D eigenvalue weighted by Crippen LogP contribution is -2.21. The third kappa shape index (κ3) is 5.94. The Morgan fingerprint density at radius 1 is 1.21 bits per heavy atom. The van der Waals surface area contributed by atoms with Crippen LogP contribution in [-0.2, 0) is 4.74 Å². The maximum absolute atomic E-state index is 9.74. The molecule has 0 spiro atoms. The van der Waals surface area contributed by atoms with Crippen molar-refractivity contribution < 1.29 is 14.9 Å². The van der Waals surface area contributed by atoms with Crippen LogP contribution in [0.5, 0.6) is 11.5 Å². The van der Waals surface area contributed by atoms with Gasteiger partial charge in [-0.25, -0.2) is 0 Å². The van der Waals surface area contributed by atoms with Crippen LogP contribution in [0.25, 0.3) is 0 Å². The number of nitrogens with one attached hydrogen (secondary N) is 1. The minimum absolute atomic E-state index is 0.0469. The molecule has 0 aliphatic rings. The van der Waals surface area contributed by atoms with Gasteiger partial charge in [0.15, 0.2) is 0 Å². The number of benzene rings is 1. The maximum Gasteiger partial charge on any atom is 0.124 e. The Morgan fingerprint density at radius 2 is 1.95 bits per heavy atom. The van der Waals surface area contributed by atoms with Gasteiger partial charge in [0.1, 0.15) is 11.5 Å². The van der Waals surface area contributed by atoms with Crippen molar-refractivity contribution in [3.63, 3.8) is 0 Å². The van der Waals surface area contributed by atoms with E-state index in [1.54, 1.807) is 12.1 Å². The second-order valence-electron chi connectivity index (χ2n) is 5.24. The van der Waals surface area contributed by atoms with E-state index in [1.165, 1.54) is 6.07 Å². The van der Waals surface area contributed by atoms with Crippen molar-refractivity contribution in [2.24, 2.45) is 5.92 Å². The monoisotopic (exact) mass is 267 g/mol. The standard InChI is InChI=1S/C15H25NO3/c1-11(2)10-19-8-4-7-16-12(3)14-6-5-13(17)9-15(14)18/h5-6,9,11-12,16-18H,4,7-8,10H2,1-3H3. The summed E-state index contributed by atoms with van der Waals surface area (Å²) in [4.78, 5) is 0. The topological polar surface area (TPSA) is 61.7 Å². The molecule has 0 heterocycles. The quantitative estimate of drug-likeness (QED) is 0.634. The number of aromatic hydroxyl groups is 2. The summed E-state index contributed by atoms with van der Waals surface area (Å²) in [6.07, 6.45) is 0.940. The molecule has 0 aromatic heterocycles. The predicted octanol–water partition coefficient (Wildman–Crippen LogP) is 2.81. The third-order valence-corrected chi connectivity index (χ3v) is 2.85. The summed E-state index contributed by atoms with van der Waals surface area (Å²) in [6.45, 7) is 8.64. The fourth-order valence-corrected chi connectivity index (χ4v) is 1.82. The van der Waals surface area contributed by atoms with Crippen LogP contribution >= 0.6 is 0 Å². The molecule has 4 nitrogen and oxygen atoms in total. The number of phenolic OH excluding ortho intramolecular Hbond substituents is 2. The van der Waals surface area contributed by atoms with Gasteiger partial charge in [-0.15, -0.1) is 0 Å². The van der Waals surface area contributed by atoms with Crippen molar-refractivity contribution >= 4 is 0 Å². The Morgan fingerprint density at radius 3 is 2.58 bits per heavy atom. The first-order valence-electron chi connectivity index (χ1n) is 6.83. The Labute approximate surface area is 115 Å². The summed E-state index contributed by atoms with van der Waals surface area (Å²) in [7, 11) is 0. The molecule has 0 radical (unpaired) electrons. The Kier molecular flexibility index (Phi) is 6.67. The van der Waals surface area contributed by atoms with Gasteiger partial charge in [0.25, 0.3) is 0 Å². The van der Waals surface area contributed by atoms with Crippen molar-refractivity contribution in [3.05, 3.63) is 23.8 Å². The Balaban J connectivity index is 2.25. The molecule has 1 atom stereocenters. The molecular weight excluding hydrogens is 242 g/mol. The molecule has 0 aliphatic heterocycles. The van der Waals surface area contributed by atoms with Crippen molar-refractivity contribution in [2.75, 3.05) is 19.8 Å². The Hall–Kier alpha value is -1.26. The highest BCUT2D eigenvalue weighted by Crippen LogP contribution is 2.27. The van der Waals surface area contributed by atoms with E-state index in [4.69, 9.17) is 4.74 Å². The molecule has 3 N–H and O–H groups in total. The minimum atomic E-state index is 0.0469. The molecule has 0 amide bonds. The number of hydrogen-bond acceptors (Lipinski definition) is 4. The highest BCUT2D eigenvalue weighted by atomic mass is 16.5. The second-order valence-corrected chi connectivity index (χ2v) is 5.24. The molecule has 0 aliphatic carbocycles. The van der Waals surface area contributed by atoms with Gasteiger partial charge in [0, 0.05) is 30.9 Å². The molecule has 19 heavy (non-hydrogen) atoms. The van der Waals surface area contributed by atoms with Crippen molar-refractivity contribution in [3.8, 4) is 11.5 Å². The predicted molar refractivity (Wildman–Crippen MR) is 76.5 cm³/mol. The average Bonchev–Trinajstić information content (AvgIpc) is 2.32. The normalized spacial score (nSPS) is 12.8. The molecule has 0 bridgehead atoms. The van der Waals surface area contributed by atoms with Crippen molar-refractivity contribution in [1.29, 1.82) is 0 Å². The van der Waals surface area contributed by atoms with E-state index in [-0.39, 0.29) is 17.5 Å². The lowest BCUT2D eigenvalue weighted by Gasteiger charge is -2.16. The van der Waals surface area contributed by atoms with E-state index in [1.807, 2.05) is 6.92 Å². The van der Waals surface area contributed by atoms with Gasteiger partial charge in [-0.05, 0) is 31.9 Å². The highest BCUT2D eigenvalue weighted by Gasteiger charge is 2.09. The fraction of sp³-hybridized carbons (Fsp3) is 0.600. The number of ether oxygens (including phenoxy) is 1. The zero-order chi connectivity index (χ0) is 14.3. The smallest absolute Gasteiger partial charge is 0.124 e. The van der Waals surface area contributed by atoms with Gasteiger partial charge in [0.2, 0.25) is 0 Å². The molecule has 1 unspecified atom stereocenters. The fourth-order valence-electron chi connectivity index (χ4n) is 1.82. The molecule has 1 aromatic carbocycles. The second kappa shape index (κ2) is 8.02. The minimum Gasteiger partial charge on any atom is -0.508 e. The summed E-state index contributed by atoms with van der Waals surface area (Å²) in [5.41, 5.74) is 0.792. The average molecular weight is 267 g/mol. The van der Waals surface area contributed by atoms with Gasteiger partial charge >= 0.3 is 0 Å². The van der Waals surface area contributed by atoms with Crippen LogP contribution in [0.1, 0.15) is 38.8 Å². The first kappa shape index (κ1) is 15.8. The SMILES string of the molecule is CC(C)COCCCNC(C)c1ccc(O)cc1O. The summed E-state index contributed by atoms with van der Waals surface area (Å²) in [5, 5.41) is 22.3. The number of hydrogen-bond donors (Lipinski definition) is 3. The highest BCUT2D eigenvalue weighted by molar-refractivity contribution is 5.40. The molecule has 4 heteroatoms. The van der Waals surface area contributed by atoms with Crippen LogP contribution in [0.15, 0.2) is 18.2 Å². The van der Waals surface area contributed by atoms with Crippen molar-refractivity contribution in [1.82, 2.24) is 5.32 Å². The molecule has 1 rings (SSSR count). The van der Waals surface area contributed by atoms with E-state index in [0.717, 1.165) is 31.7 Å². The third-order valence-electron chi connectivity index (χ3n) is 2.85. The lowest BCUT2D eigenvalue weighted by atomic mass is 10.1. The zero-order valence-electron chi connectivity index (χ0n) is 12.0. The summed E-state index contributed by atoms with van der Waals surface area (Å²) < 4.78 is 5.50. The van der Waals surface area contributed by atoms with Gasteiger partial charge in [-0.3, -0.25) is 0 Å². The first-order valence-corrected chi connectivity index (χ1v) is 6.83.